The Morgan fingerprint density at radius 2 is 1.74 bits per heavy atom. The van der Waals surface area contributed by atoms with Gasteiger partial charge in [-0.3, -0.25) is 4.72 Å². The summed E-state index contributed by atoms with van der Waals surface area (Å²) in [5.74, 6) is -0.141. The van der Waals surface area contributed by atoms with E-state index in [2.05, 4.69) is 4.72 Å². The van der Waals surface area contributed by atoms with Crippen LogP contribution in [0.5, 0.6) is 5.75 Å². The molecular formula is C15H24BNO5S. The van der Waals surface area contributed by atoms with Gasteiger partial charge >= 0.3 is 7.12 Å². The van der Waals surface area contributed by atoms with Crippen LogP contribution in [-0.2, 0) is 19.3 Å². The molecule has 2 rings (SSSR count). The highest BCUT2D eigenvalue weighted by Gasteiger charge is 2.51. The monoisotopic (exact) mass is 341 g/mol. The van der Waals surface area contributed by atoms with E-state index in [-0.39, 0.29) is 17.2 Å². The van der Waals surface area contributed by atoms with Crippen LogP contribution in [0.3, 0.4) is 0 Å². The molecule has 0 amide bonds. The molecule has 1 saturated heterocycles. The van der Waals surface area contributed by atoms with Gasteiger partial charge in [0.15, 0.2) is 0 Å². The second kappa shape index (κ2) is 6.00. The smallest absolute Gasteiger partial charge is 0.494 e. The summed E-state index contributed by atoms with van der Waals surface area (Å²) < 4.78 is 38.1. The molecule has 2 N–H and O–H groups in total. The molecule has 8 heteroatoms. The van der Waals surface area contributed by atoms with Crippen molar-refractivity contribution in [1.29, 1.82) is 0 Å². The van der Waals surface area contributed by atoms with E-state index < -0.39 is 28.3 Å². The molecule has 0 bridgehead atoms. The van der Waals surface area contributed by atoms with Crippen molar-refractivity contribution >= 4 is 28.3 Å². The molecule has 0 aliphatic carbocycles. The minimum absolute atomic E-state index is 0.00679. The third-order valence-corrected chi connectivity index (χ3v) is 5.76. The Morgan fingerprint density at radius 3 is 2.26 bits per heavy atom. The summed E-state index contributed by atoms with van der Waals surface area (Å²) in [6.45, 7) is 9.55. The Kier molecular flexibility index (Phi) is 4.72. The summed E-state index contributed by atoms with van der Waals surface area (Å²) in [5.41, 5.74) is -0.198. The van der Waals surface area contributed by atoms with E-state index in [0.717, 1.165) is 0 Å². The first-order valence-electron chi connectivity index (χ1n) is 7.66. The van der Waals surface area contributed by atoms with Crippen LogP contribution >= 0.6 is 0 Å². The summed E-state index contributed by atoms with van der Waals surface area (Å²) in [4.78, 5) is 0. The van der Waals surface area contributed by atoms with E-state index in [4.69, 9.17) is 9.31 Å². The summed E-state index contributed by atoms with van der Waals surface area (Å²) in [6.07, 6.45) is 0.493. The largest absolute Gasteiger partial charge is 0.506 e. The zero-order valence-electron chi connectivity index (χ0n) is 14.2. The van der Waals surface area contributed by atoms with E-state index in [9.17, 15) is 13.5 Å². The minimum Gasteiger partial charge on any atom is -0.506 e. The van der Waals surface area contributed by atoms with Gasteiger partial charge in [0.2, 0.25) is 10.0 Å². The first-order valence-corrected chi connectivity index (χ1v) is 9.32. The van der Waals surface area contributed by atoms with Crippen molar-refractivity contribution in [3.05, 3.63) is 18.2 Å². The number of nitrogens with one attached hydrogen (secondary N) is 1. The number of phenolic OH excluding ortho intramolecular Hbond substituents is 1. The molecule has 0 aromatic heterocycles. The molecule has 0 saturated carbocycles. The van der Waals surface area contributed by atoms with Crippen molar-refractivity contribution in [3.8, 4) is 5.75 Å². The van der Waals surface area contributed by atoms with E-state index in [1.54, 1.807) is 19.1 Å². The highest BCUT2D eigenvalue weighted by atomic mass is 32.2. The van der Waals surface area contributed by atoms with E-state index >= 15 is 0 Å². The molecule has 0 atom stereocenters. The Hall–Kier alpha value is -1.25. The molecule has 1 fully saturated rings. The van der Waals surface area contributed by atoms with E-state index in [0.29, 0.717) is 11.9 Å². The maximum Gasteiger partial charge on any atom is 0.494 e. The van der Waals surface area contributed by atoms with Crippen LogP contribution in [0.4, 0.5) is 5.69 Å². The van der Waals surface area contributed by atoms with E-state index in [1.165, 1.54) is 6.07 Å². The minimum atomic E-state index is -3.48. The number of hydrogen-bond donors (Lipinski definition) is 2. The topological polar surface area (TPSA) is 84.9 Å². The lowest BCUT2D eigenvalue weighted by molar-refractivity contribution is 0.00578. The lowest BCUT2D eigenvalue weighted by atomic mass is 9.79. The van der Waals surface area contributed by atoms with Crippen molar-refractivity contribution in [3.63, 3.8) is 0 Å². The fourth-order valence-corrected chi connectivity index (χ4v) is 3.39. The summed E-state index contributed by atoms with van der Waals surface area (Å²) in [5, 5.41) is 9.91. The molecule has 0 unspecified atom stereocenters. The van der Waals surface area contributed by atoms with Gasteiger partial charge in [0, 0.05) is 0 Å². The third-order valence-electron chi connectivity index (χ3n) is 4.28. The number of sulfonamides is 1. The van der Waals surface area contributed by atoms with Gasteiger partial charge < -0.3 is 14.4 Å². The molecule has 128 valence electrons. The molecule has 1 aliphatic rings. The predicted molar refractivity (Wildman–Crippen MR) is 91.5 cm³/mol. The third kappa shape index (κ3) is 3.81. The van der Waals surface area contributed by atoms with Crippen LogP contribution in [0.1, 0.15) is 41.0 Å². The molecule has 0 radical (unpaired) electrons. The first-order chi connectivity index (χ1) is 10.5. The maximum absolute atomic E-state index is 11.9. The molecule has 1 aromatic rings. The number of anilines is 1. The first kappa shape index (κ1) is 18.1. The summed E-state index contributed by atoms with van der Waals surface area (Å²) >= 11 is 0. The van der Waals surface area contributed by atoms with Crippen LogP contribution < -0.4 is 10.2 Å². The van der Waals surface area contributed by atoms with Gasteiger partial charge in [-0.05, 0) is 51.7 Å². The van der Waals surface area contributed by atoms with Crippen LogP contribution in [-0.4, -0.2) is 37.6 Å². The van der Waals surface area contributed by atoms with Crippen molar-refractivity contribution in [2.24, 2.45) is 0 Å². The lowest BCUT2D eigenvalue weighted by Gasteiger charge is -2.32. The van der Waals surface area contributed by atoms with Gasteiger partial charge in [-0.15, -0.1) is 0 Å². The number of rotatable bonds is 5. The van der Waals surface area contributed by atoms with Gasteiger partial charge in [0.1, 0.15) is 5.75 Å². The fourth-order valence-electron chi connectivity index (χ4n) is 2.25. The zero-order chi connectivity index (χ0) is 17.5. The second-order valence-corrected chi connectivity index (χ2v) is 8.63. The fraction of sp³-hybridized carbons (Fsp3) is 0.600. The molecule has 23 heavy (non-hydrogen) atoms. The van der Waals surface area contributed by atoms with Crippen LogP contribution in [0.25, 0.3) is 0 Å². The number of phenols is 1. The highest BCUT2D eigenvalue weighted by Crippen LogP contribution is 2.37. The van der Waals surface area contributed by atoms with Crippen molar-refractivity contribution < 1.29 is 22.8 Å². The molecule has 1 heterocycles. The Labute approximate surface area is 138 Å². The molecule has 1 aliphatic heterocycles. The average molecular weight is 341 g/mol. The van der Waals surface area contributed by atoms with Gasteiger partial charge in [0.25, 0.3) is 0 Å². The van der Waals surface area contributed by atoms with Crippen molar-refractivity contribution in [1.82, 2.24) is 0 Å². The molecule has 1 aromatic carbocycles. The normalized spacial score (nSPS) is 19.8. The number of aromatic hydroxyl groups is 1. The zero-order valence-corrected chi connectivity index (χ0v) is 15.0. The van der Waals surface area contributed by atoms with Crippen molar-refractivity contribution in [2.45, 2.75) is 52.2 Å². The Bertz CT molecular complexity index is 671. The highest BCUT2D eigenvalue weighted by molar-refractivity contribution is 7.92. The summed E-state index contributed by atoms with van der Waals surface area (Å²) in [7, 11) is -4.10. The SMILES string of the molecule is CCCS(=O)(=O)Nc1cc(B2OC(C)(C)C(C)(C)O2)ccc1O. The molecule has 0 spiro atoms. The average Bonchev–Trinajstić information content (AvgIpc) is 2.60. The maximum atomic E-state index is 11.9. The van der Waals surface area contributed by atoms with Crippen LogP contribution in [0.2, 0.25) is 0 Å². The van der Waals surface area contributed by atoms with Gasteiger partial charge in [-0.2, -0.15) is 0 Å². The molecular weight excluding hydrogens is 317 g/mol. The van der Waals surface area contributed by atoms with E-state index in [1.807, 2.05) is 27.7 Å². The van der Waals surface area contributed by atoms with Gasteiger partial charge in [-0.25, -0.2) is 8.42 Å². The van der Waals surface area contributed by atoms with Crippen LogP contribution in [0.15, 0.2) is 18.2 Å². The van der Waals surface area contributed by atoms with Crippen molar-refractivity contribution in [2.75, 3.05) is 10.5 Å². The predicted octanol–water partition coefficient (Wildman–Crippen LogP) is 1.84. The Morgan fingerprint density at radius 1 is 1.17 bits per heavy atom. The second-order valence-electron chi connectivity index (χ2n) is 6.79. The number of benzene rings is 1. The van der Waals surface area contributed by atoms with Gasteiger partial charge in [0.05, 0.1) is 22.6 Å². The summed E-state index contributed by atoms with van der Waals surface area (Å²) in [6, 6.07) is 4.64. The quantitative estimate of drug-likeness (QED) is 0.631. The standard InChI is InChI=1S/C15H24BNO5S/c1-6-9-23(19,20)17-12-10-11(7-8-13(12)18)16-21-14(2,3)15(4,5)22-16/h7-8,10,17-18H,6,9H2,1-5H3. The lowest BCUT2D eigenvalue weighted by Crippen LogP contribution is -2.41. The van der Waals surface area contributed by atoms with Gasteiger partial charge in [-0.1, -0.05) is 13.0 Å². The number of hydrogen-bond acceptors (Lipinski definition) is 5. The Balaban J connectivity index is 2.28. The molecule has 6 nitrogen and oxygen atoms in total. The van der Waals surface area contributed by atoms with Crippen LogP contribution in [0, 0.1) is 0 Å².